The summed E-state index contributed by atoms with van der Waals surface area (Å²) in [5, 5.41) is 9.27. The number of ether oxygens (including phenoxy) is 1. The first kappa shape index (κ1) is 16.5. The lowest BCUT2D eigenvalue weighted by atomic mass is 10.0. The predicted molar refractivity (Wildman–Crippen MR) is 87.9 cm³/mol. The summed E-state index contributed by atoms with van der Waals surface area (Å²) in [6.45, 7) is 1.50. The molecule has 0 heterocycles. The Morgan fingerprint density at radius 1 is 1.09 bits per heavy atom. The maximum Gasteiger partial charge on any atom is 0.165 e. The average molecular weight is 313 g/mol. The van der Waals surface area contributed by atoms with Gasteiger partial charge in [-0.25, -0.2) is 0 Å². The molecule has 0 aliphatic heterocycles. The summed E-state index contributed by atoms with van der Waals surface area (Å²) in [5.74, 6) is 0.985. The van der Waals surface area contributed by atoms with Crippen LogP contribution in [0.25, 0.3) is 0 Å². The molecule has 3 N–H and O–H groups in total. The van der Waals surface area contributed by atoms with Gasteiger partial charge in [0.1, 0.15) is 17.3 Å². The number of hydrogen-bond donors (Lipinski definition) is 2. The van der Waals surface area contributed by atoms with Crippen LogP contribution in [0.3, 0.4) is 0 Å². The van der Waals surface area contributed by atoms with Crippen LogP contribution in [-0.2, 0) is 4.79 Å². The lowest BCUT2D eigenvalue weighted by Gasteiger charge is -2.11. The molecule has 2 rings (SSSR count). The van der Waals surface area contributed by atoms with Crippen LogP contribution in [0.5, 0.6) is 17.2 Å². The highest BCUT2D eigenvalue weighted by Crippen LogP contribution is 2.31. The number of nitrogens with two attached hydrogens (primary N) is 1. The van der Waals surface area contributed by atoms with E-state index in [1.165, 1.54) is 19.1 Å². The molecule has 0 bridgehead atoms. The van der Waals surface area contributed by atoms with Crippen molar-refractivity contribution in [2.45, 2.75) is 26.2 Å². The number of Topliss-reactive ketones (excluding diaryl/α,β-unsaturated/α-hetero) is 2. The molecule has 2 aromatic rings. The van der Waals surface area contributed by atoms with Gasteiger partial charge < -0.3 is 20.4 Å². The third-order valence-electron chi connectivity index (χ3n) is 3.36. The van der Waals surface area contributed by atoms with E-state index in [0.29, 0.717) is 29.9 Å². The number of para-hydroxylation sites is 1. The Bertz CT molecular complexity index is 707. The van der Waals surface area contributed by atoms with Crippen LogP contribution in [0.4, 0.5) is 5.69 Å². The highest BCUT2D eigenvalue weighted by molar-refractivity contribution is 6.02. The maximum absolute atomic E-state index is 12.2. The molecule has 0 spiro atoms. The quantitative estimate of drug-likeness (QED) is 0.601. The number of anilines is 1. The Morgan fingerprint density at radius 3 is 2.43 bits per heavy atom. The summed E-state index contributed by atoms with van der Waals surface area (Å²) in [4.78, 5) is 23.2. The van der Waals surface area contributed by atoms with Gasteiger partial charge in [0, 0.05) is 18.4 Å². The lowest BCUT2D eigenvalue weighted by molar-refractivity contribution is -0.117. The van der Waals surface area contributed by atoms with Crippen LogP contribution in [0, 0.1) is 0 Å². The predicted octanol–water partition coefficient (Wildman–Crippen LogP) is 3.71. The second kappa shape index (κ2) is 7.45. The van der Waals surface area contributed by atoms with Crippen molar-refractivity contribution in [3.8, 4) is 17.2 Å². The van der Waals surface area contributed by atoms with Gasteiger partial charge in [-0.15, -0.1) is 0 Å². The third kappa shape index (κ3) is 4.57. The van der Waals surface area contributed by atoms with Crippen molar-refractivity contribution in [1.29, 1.82) is 0 Å². The SMILES string of the molecule is CC(=O)CCCC(=O)c1cccc(Oc2ccc(O)cc2)c1N. The first-order chi connectivity index (χ1) is 11.0. The Kier molecular flexibility index (Phi) is 5.36. The zero-order chi connectivity index (χ0) is 16.8. The van der Waals surface area contributed by atoms with Crippen LogP contribution >= 0.6 is 0 Å². The van der Waals surface area contributed by atoms with E-state index in [9.17, 15) is 14.7 Å². The van der Waals surface area contributed by atoms with Crippen molar-refractivity contribution in [2.75, 3.05) is 5.73 Å². The topological polar surface area (TPSA) is 89.6 Å². The van der Waals surface area contributed by atoms with Gasteiger partial charge in [0.05, 0.1) is 5.69 Å². The molecule has 0 atom stereocenters. The van der Waals surface area contributed by atoms with Crippen molar-refractivity contribution in [3.05, 3.63) is 48.0 Å². The standard InChI is InChI=1S/C18H19NO4/c1-12(20)4-2-6-16(22)15-5-3-7-17(18(15)19)23-14-10-8-13(21)9-11-14/h3,5,7-11,21H,2,4,6,19H2,1H3. The molecule has 0 aliphatic rings. The van der Waals surface area contributed by atoms with Gasteiger partial charge >= 0.3 is 0 Å². The second-order valence-electron chi connectivity index (χ2n) is 5.29. The number of rotatable bonds is 7. The molecule has 23 heavy (non-hydrogen) atoms. The molecule has 0 aliphatic carbocycles. The Morgan fingerprint density at radius 2 is 1.78 bits per heavy atom. The zero-order valence-electron chi connectivity index (χ0n) is 12.9. The van der Waals surface area contributed by atoms with Crippen molar-refractivity contribution in [2.24, 2.45) is 0 Å². The molecule has 0 saturated heterocycles. The number of carbonyl (C=O) groups is 2. The molecule has 0 amide bonds. The third-order valence-corrected chi connectivity index (χ3v) is 3.36. The maximum atomic E-state index is 12.2. The number of ketones is 2. The van der Waals surface area contributed by atoms with E-state index in [2.05, 4.69) is 0 Å². The number of phenolic OH excluding ortho intramolecular Hbond substituents is 1. The fourth-order valence-electron chi connectivity index (χ4n) is 2.15. The summed E-state index contributed by atoms with van der Waals surface area (Å²) in [5.41, 5.74) is 6.70. The van der Waals surface area contributed by atoms with E-state index < -0.39 is 0 Å². The molecule has 0 aromatic heterocycles. The van der Waals surface area contributed by atoms with Gasteiger partial charge in [-0.3, -0.25) is 4.79 Å². The van der Waals surface area contributed by atoms with Gasteiger partial charge in [-0.1, -0.05) is 6.07 Å². The Hall–Kier alpha value is -2.82. The van der Waals surface area contributed by atoms with E-state index in [0.717, 1.165) is 0 Å². The van der Waals surface area contributed by atoms with E-state index in [1.54, 1.807) is 30.3 Å². The summed E-state index contributed by atoms with van der Waals surface area (Å²) in [6, 6.07) is 11.2. The second-order valence-corrected chi connectivity index (χ2v) is 5.29. The highest BCUT2D eigenvalue weighted by Gasteiger charge is 2.14. The molecule has 0 radical (unpaired) electrons. The lowest BCUT2D eigenvalue weighted by Crippen LogP contribution is -2.06. The van der Waals surface area contributed by atoms with Crippen LogP contribution in [0.1, 0.15) is 36.5 Å². The van der Waals surface area contributed by atoms with Crippen LogP contribution in [-0.4, -0.2) is 16.7 Å². The van der Waals surface area contributed by atoms with E-state index >= 15 is 0 Å². The van der Waals surface area contributed by atoms with Gasteiger partial charge in [0.15, 0.2) is 11.5 Å². The number of carbonyl (C=O) groups excluding carboxylic acids is 2. The van der Waals surface area contributed by atoms with Gasteiger partial charge in [-0.2, -0.15) is 0 Å². The number of benzene rings is 2. The minimum atomic E-state index is -0.111. The number of hydrogen-bond acceptors (Lipinski definition) is 5. The largest absolute Gasteiger partial charge is 0.508 e. The Balaban J connectivity index is 2.12. The molecular weight excluding hydrogens is 294 g/mol. The first-order valence-corrected chi connectivity index (χ1v) is 7.35. The van der Waals surface area contributed by atoms with E-state index in [1.807, 2.05) is 0 Å². The summed E-state index contributed by atoms with van der Waals surface area (Å²) < 4.78 is 5.66. The summed E-state index contributed by atoms with van der Waals surface area (Å²) >= 11 is 0. The fraction of sp³-hybridized carbons (Fsp3) is 0.222. The van der Waals surface area contributed by atoms with Crippen molar-refractivity contribution < 1.29 is 19.4 Å². The molecular formula is C18H19NO4. The first-order valence-electron chi connectivity index (χ1n) is 7.35. The highest BCUT2D eigenvalue weighted by atomic mass is 16.5. The van der Waals surface area contributed by atoms with Crippen molar-refractivity contribution in [1.82, 2.24) is 0 Å². The Labute approximate surface area is 134 Å². The summed E-state index contributed by atoms with van der Waals surface area (Å²) in [6.07, 6.45) is 1.17. The molecule has 0 saturated carbocycles. The number of aromatic hydroxyl groups is 1. The fourth-order valence-corrected chi connectivity index (χ4v) is 2.15. The minimum Gasteiger partial charge on any atom is -0.508 e. The number of phenols is 1. The molecule has 2 aromatic carbocycles. The van der Waals surface area contributed by atoms with Crippen molar-refractivity contribution in [3.63, 3.8) is 0 Å². The normalized spacial score (nSPS) is 10.3. The van der Waals surface area contributed by atoms with Crippen molar-refractivity contribution >= 4 is 17.3 Å². The van der Waals surface area contributed by atoms with Crippen LogP contribution in [0.2, 0.25) is 0 Å². The van der Waals surface area contributed by atoms with Gasteiger partial charge in [0.25, 0.3) is 0 Å². The number of nitrogen functional groups attached to an aromatic ring is 1. The summed E-state index contributed by atoms with van der Waals surface area (Å²) in [7, 11) is 0. The monoisotopic (exact) mass is 313 g/mol. The zero-order valence-corrected chi connectivity index (χ0v) is 12.9. The molecule has 0 fully saturated rings. The molecule has 5 nitrogen and oxygen atoms in total. The van der Waals surface area contributed by atoms with Crippen LogP contribution < -0.4 is 10.5 Å². The van der Waals surface area contributed by atoms with Crippen LogP contribution in [0.15, 0.2) is 42.5 Å². The van der Waals surface area contributed by atoms with Gasteiger partial charge in [-0.05, 0) is 49.7 Å². The molecule has 5 heteroatoms. The smallest absolute Gasteiger partial charge is 0.165 e. The van der Waals surface area contributed by atoms with E-state index in [4.69, 9.17) is 10.5 Å². The van der Waals surface area contributed by atoms with Gasteiger partial charge in [0.2, 0.25) is 0 Å². The minimum absolute atomic E-state index is 0.0650. The molecule has 120 valence electrons. The van der Waals surface area contributed by atoms with E-state index in [-0.39, 0.29) is 29.4 Å². The average Bonchev–Trinajstić information content (AvgIpc) is 2.51. The molecule has 0 unspecified atom stereocenters.